The van der Waals surface area contributed by atoms with E-state index in [-0.39, 0.29) is 12.3 Å². The molecule has 5 nitrogen and oxygen atoms in total. The van der Waals surface area contributed by atoms with Crippen LogP contribution >= 0.6 is 0 Å². The van der Waals surface area contributed by atoms with Crippen molar-refractivity contribution in [3.8, 4) is 0 Å². The van der Waals surface area contributed by atoms with Crippen molar-refractivity contribution in [2.24, 2.45) is 5.92 Å². The third kappa shape index (κ3) is 2.40. The number of carboxylic acid groups (broad SMARTS) is 1. The highest BCUT2D eigenvalue weighted by Crippen LogP contribution is 2.38. The fourth-order valence-electron chi connectivity index (χ4n) is 2.32. The average Bonchev–Trinajstić information content (AvgIpc) is 2.83. The minimum atomic E-state index is -0.937. The van der Waals surface area contributed by atoms with E-state index in [1.165, 1.54) is 12.8 Å². The van der Waals surface area contributed by atoms with Crippen molar-refractivity contribution in [1.82, 2.24) is 10.1 Å². The van der Waals surface area contributed by atoms with Gasteiger partial charge >= 0.3 is 5.97 Å². The molecular formula is C11H16N2O3. The zero-order valence-corrected chi connectivity index (χ0v) is 9.35. The normalized spacial score (nSPS) is 24.8. The molecule has 16 heavy (non-hydrogen) atoms. The first kappa shape index (κ1) is 11.1. The van der Waals surface area contributed by atoms with Crippen LogP contribution in [0.1, 0.15) is 50.2 Å². The molecule has 0 amide bonds. The van der Waals surface area contributed by atoms with Crippen LogP contribution < -0.4 is 0 Å². The summed E-state index contributed by atoms with van der Waals surface area (Å²) in [6, 6.07) is 0. The summed E-state index contributed by atoms with van der Waals surface area (Å²) in [5, 5.41) is 12.5. The van der Waals surface area contributed by atoms with Gasteiger partial charge in [-0.25, -0.2) is 0 Å². The van der Waals surface area contributed by atoms with Gasteiger partial charge in [-0.05, 0) is 25.2 Å². The molecule has 0 spiro atoms. The van der Waals surface area contributed by atoms with E-state index in [1.54, 1.807) is 0 Å². The smallest absolute Gasteiger partial charge is 0.312 e. The molecule has 2 rings (SSSR count). The van der Waals surface area contributed by atoms with Gasteiger partial charge in [0.1, 0.15) is 6.42 Å². The predicted octanol–water partition coefficient (Wildman–Crippen LogP) is 1.99. The van der Waals surface area contributed by atoms with E-state index in [9.17, 15) is 4.79 Å². The highest BCUT2D eigenvalue weighted by Gasteiger charge is 2.28. The number of hydrogen-bond donors (Lipinski definition) is 1. The molecule has 0 aromatic carbocycles. The molecule has 1 saturated carbocycles. The lowest BCUT2D eigenvalue weighted by Gasteiger charge is -2.04. The lowest BCUT2D eigenvalue weighted by molar-refractivity contribution is -0.136. The number of nitrogens with zero attached hydrogens (tertiary/aromatic N) is 2. The molecule has 1 aliphatic carbocycles. The lowest BCUT2D eigenvalue weighted by atomic mass is 10.0. The molecule has 88 valence electrons. The van der Waals surface area contributed by atoms with Gasteiger partial charge < -0.3 is 9.63 Å². The van der Waals surface area contributed by atoms with E-state index in [1.807, 2.05) is 0 Å². The van der Waals surface area contributed by atoms with Gasteiger partial charge in [0, 0.05) is 5.92 Å². The summed E-state index contributed by atoms with van der Waals surface area (Å²) < 4.78 is 4.91. The summed E-state index contributed by atoms with van der Waals surface area (Å²) in [4.78, 5) is 14.6. The number of aromatic nitrogens is 2. The first-order valence-corrected chi connectivity index (χ1v) is 5.73. The monoisotopic (exact) mass is 224 g/mol. The Labute approximate surface area is 93.9 Å². The molecule has 1 N–H and O–H groups in total. The van der Waals surface area contributed by atoms with Crippen molar-refractivity contribution in [2.75, 3.05) is 0 Å². The molecule has 2 unspecified atom stereocenters. The summed E-state index contributed by atoms with van der Waals surface area (Å²) in [6.07, 6.45) is 4.41. The second-order valence-corrected chi connectivity index (χ2v) is 4.40. The Balaban J connectivity index is 1.99. The number of carboxylic acids is 1. The number of carbonyl (C=O) groups is 1. The Bertz CT molecular complexity index is 375. The Morgan fingerprint density at radius 3 is 3.00 bits per heavy atom. The molecule has 0 aliphatic heterocycles. The maximum atomic E-state index is 10.5. The lowest BCUT2D eigenvalue weighted by Crippen LogP contribution is -2.01. The second-order valence-electron chi connectivity index (χ2n) is 4.40. The maximum Gasteiger partial charge on any atom is 0.312 e. The van der Waals surface area contributed by atoms with Gasteiger partial charge in [0.15, 0.2) is 5.82 Å². The van der Waals surface area contributed by atoms with Crippen LogP contribution in [0.5, 0.6) is 0 Å². The van der Waals surface area contributed by atoms with E-state index in [4.69, 9.17) is 9.63 Å². The van der Waals surface area contributed by atoms with E-state index in [2.05, 4.69) is 17.1 Å². The van der Waals surface area contributed by atoms with Gasteiger partial charge in [0.25, 0.3) is 0 Å². The molecule has 5 heteroatoms. The van der Waals surface area contributed by atoms with Crippen LogP contribution in [0.4, 0.5) is 0 Å². The van der Waals surface area contributed by atoms with E-state index >= 15 is 0 Å². The van der Waals surface area contributed by atoms with E-state index < -0.39 is 5.97 Å². The molecule has 1 aliphatic rings. The number of aliphatic carboxylic acids is 1. The van der Waals surface area contributed by atoms with Crippen LogP contribution in [0.25, 0.3) is 0 Å². The average molecular weight is 224 g/mol. The summed E-state index contributed by atoms with van der Waals surface area (Å²) in [7, 11) is 0. The van der Waals surface area contributed by atoms with Crippen LogP contribution in [-0.4, -0.2) is 21.2 Å². The van der Waals surface area contributed by atoms with Gasteiger partial charge in [0.05, 0.1) is 0 Å². The molecule has 0 saturated heterocycles. The van der Waals surface area contributed by atoms with Crippen LogP contribution in [0.3, 0.4) is 0 Å². The Hall–Kier alpha value is -1.39. The summed E-state index contributed by atoms with van der Waals surface area (Å²) in [5.74, 6) is 1.07. The summed E-state index contributed by atoms with van der Waals surface area (Å²) >= 11 is 0. The number of rotatable bonds is 4. The quantitative estimate of drug-likeness (QED) is 0.846. The Kier molecular flexibility index (Phi) is 3.22. The predicted molar refractivity (Wildman–Crippen MR) is 56.0 cm³/mol. The second kappa shape index (κ2) is 4.63. The van der Waals surface area contributed by atoms with Crippen molar-refractivity contribution >= 4 is 5.97 Å². The number of hydrogen-bond acceptors (Lipinski definition) is 4. The Morgan fingerprint density at radius 1 is 1.56 bits per heavy atom. The molecular weight excluding hydrogens is 208 g/mol. The highest BCUT2D eigenvalue weighted by molar-refractivity contribution is 5.68. The molecule has 1 fully saturated rings. The molecule has 0 radical (unpaired) electrons. The van der Waals surface area contributed by atoms with Gasteiger partial charge in [-0.3, -0.25) is 4.79 Å². The van der Waals surface area contributed by atoms with Crippen molar-refractivity contribution in [3.63, 3.8) is 0 Å². The van der Waals surface area contributed by atoms with Crippen LogP contribution in [0.15, 0.2) is 4.52 Å². The minimum absolute atomic E-state index is 0.184. The van der Waals surface area contributed by atoms with Gasteiger partial charge in [-0.1, -0.05) is 18.5 Å². The summed E-state index contributed by atoms with van der Waals surface area (Å²) in [5.41, 5.74) is 0. The first-order chi connectivity index (χ1) is 7.69. The van der Waals surface area contributed by atoms with Crippen LogP contribution in [0, 0.1) is 5.92 Å². The third-order valence-corrected chi connectivity index (χ3v) is 3.27. The fraction of sp³-hybridized carbons (Fsp3) is 0.727. The SMILES string of the molecule is CCC1CCC(c2noc(CC(=O)O)n2)C1. The van der Waals surface area contributed by atoms with Crippen molar-refractivity contribution < 1.29 is 14.4 Å². The largest absolute Gasteiger partial charge is 0.481 e. The van der Waals surface area contributed by atoms with Gasteiger partial charge in [-0.2, -0.15) is 4.98 Å². The third-order valence-electron chi connectivity index (χ3n) is 3.27. The molecule has 1 aromatic heterocycles. The molecule has 1 aromatic rings. The molecule has 0 bridgehead atoms. The Morgan fingerprint density at radius 2 is 2.38 bits per heavy atom. The molecule has 1 heterocycles. The van der Waals surface area contributed by atoms with Crippen LogP contribution in [-0.2, 0) is 11.2 Å². The highest BCUT2D eigenvalue weighted by atomic mass is 16.5. The summed E-state index contributed by atoms with van der Waals surface area (Å²) in [6.45, 7) is 2.19. The fourth-order valence-corrected chi connectivity index (χ4v) is 2.32. The van der Waals surface area contributed by atoms with Gasteiger partial charge in [-0.15, -0.1) is 0 Å². The van der Waals surface area contributed by atoms with Crippen LogP contribution in [0.2, 0.25) is 0 Å². The molecule has 2 atom stereocenters. The van der Waals surface area contributed by atoms with Crippen molar-refractivity contribution in [2.45, 2.75) is 44.9 Å². The van der Waals surface area contributed by atoms with E-state index in [0.717, 1.165) is 18.8 Å². The standard InChI is InChI=1S/C11H16N2O3/c1-2-7-3-4-8(5-7)11-12-9(16-13-11)6-10(14)15/h7-8H,2-6H2,1H3,(H,14,15). The topological polar surface area (TPSA) is 76.2 Å². The minimum Gasteiger partial charge on any atom is -0.481 e. The maximum absolute atomic E-state index is 10.5. The van der Waals surface area contributed by atoms with Gasteiger partial charge in [0.2, 0.25) is 5.89 Å². The van der Waals surface area contributed by atoms with Crippen molar-refractivity contribution in [1.29, 1.82) is 0 Å². The first-order valence-electron chi connectivity index (χ1n) is 5.73. The van der Waals surface area contributed by atoms with Crippen molar-refractivity contribution in [3.05, 3.63) is 11.7 Å². The van der Waals surface area contributed by atoms with E-state index in [0.29, 0.717) is 11.7 Å². The zero-order chi connectivity index (χ0) is 11.5. The zero-order valence-electron chi connectivity index (χ0n) is 9.35.